The number of rotatable bonds is 3. The summed E-state index contributed by atoms with van der Waals surface area (Å²) in [5.74, 6) is -0.219. The number of carbonyl (C=O) groups is 1. The maximum atomic E-state index is 11.8. The highest BCUT2D eigenvalue weighted by Gasteiger charge is 2.33. The highest BCUT2D eigenvalue weighted by atomic mass is 32.2. The molecule has 92 valence electrons. The van der Waals surface area contributed by atoms with Crippen LogP contribution in [0.3, 0.4) is 0 Å². The third kappa shape index (κ3) is 2.26. The zero-order valence-corrected chi connectivity index (χ0v) is 9.48. The fourth-order valence-corrected chi connectivity index (χ4v) is 2.48. The summed E-state index contributed by atoms with van der Waals surface area (Å²) in [6.07, 6.45) is -0.923. The summed E-state index contributed by atoms with van der Waals surface area (Å²) in [4.78, 5) is 11.1. The smallest absolute Gasteiger partial charge is 0.425 e. The van der Waals surface area contributed by atoms with Crippen molar-refractivity contribution in [3.8, 4) is 5.75 Å². The van der Waals surface area contributed by atoms with Gasteiger partial charge in [0.15, 0.2) is 0 Å². The normalized spacial score (nSPS) is 15.8. The summed E-state index contributed by atoms with van der Waals surface area (Å²) in [5.41, 5.74) is 0.00667. The summed E-state index contributed by atoms with van der Waals surface area (Å²) < 4.78 is 30.7. The third-order valence-electron chi connectivity index (χ3n) is 2.16. The predicted octanol–water partition coefficient (Wildman–Crippen LogP) is 0.501. The van der Waals surface area contributed by atoms with E-state index in [-0.39, 0.29) is 24.6 Å². The number of amides is 1. The highest BCUT2D eigenvalue weighted by Crippen LogP contribution is 2.24. The number of nitrogens with zero attached hydrogens (tertiary/aromatic N) is 1. The molecule has 2 rings (SSSR count). The quantitative estimate of drug-likeness (QED) is 0.770. The molecule has 1 aromatic carbocycles. The van der Waals surface area contributed by atoms with Gasteiger partial charge in [0.25, 0.3) is 0 Å². The molecule has 1 aromatic rings. The van der Waals surface area contributed by atoms with Crippen LogP contribution in [0.4, 0.5) is 10.5 Å². The Morgan fingerprint density at radius 2 is 2.06 bits per heavy atom. The van der Waals surface area contributed by atoms with E-state index in [1.165, 1.54) is 12.1 Å². The Morgan fingerprint density at radius 3 is 2.65 bits per heavy atom. The van der Waals surface area contributed by atoms with Gasteiger partial charge in [-0.2, -0.15) is 12.7 Å². The monoisotopic (exact) mass is 258 g/mol. The second-order valence-electron chi connectivity index (χ2n) is 3.31. The fraction of sp³-hybridized carbons (Fsp3) is 0.222. The van der Waals surface area contributed by atoms with Crippen molar-refractivity contribution >= 4 is 22.0 Å². The first-order chi connectivity index (χ1) is 8.00. The number of carbonyl (C=O) groups excluding carboxylic acids is 1. The van der Waals surface area contributed by atoms with Crippen molar-refractivity contribution in [3.05, 3.63) is 24.3 Å². The molecule has 0 aliphatic carbocycles. The molecule has 0 radical (unpaired) electrons. The zero-order valence-electron chi connectivity index (χ0n) is 8.66. The number of benzene rings is 1. The molecule has 17 heavy (non-hydrogen) atoms. The van der Waals surface area contributed by atoms with E-state index in [0.29, 0.717) is 4.31 Å². The Balaban J connectivity index is 2.24. The molecule has 1 saturated heterocycles. The van der Waals surface area contributed by atoms with Gasteiger partial charge in [0.2, 0.25) is 0 Å². The minimum Gasteiger partial charge on any atom is -0.506 e. The van der Waals surface area contributed by atoms with Gasteiger partial charge < -0.3 is 9.84 Å². The van der Waals surface area contributed by atoms with Gasteiger partial charge in [-0.1, -0.05) is 12.1 Å². The first-order valence-electron chi connectivity index (χ1n) is 4.76. The molecule has 0 saturated carbocycles. The minimum atomic E-state index is -4.04. The van der Waals surface area contributed by atoms with Crippen molar-refractivity contribution in [3.63, 3.8) is 0 Å². The number of para-hydroxylation sites is 2. The van der Waals surface area contributed by atoms with Crippen LogP contribution < -0.4 is 4.72 Å². The first kappa shape index (κ1) is 11.5. The second-order valence-corrected chi connectivity index (χ2v) is 4.91. The Hall–Kier alpha value is -1.96. The summed E-state index contributed by atoms with van der Waals surface area (Å²) in [7, 11) is -4.04. The van der Waals surface area contributed by atoms with Crippen LogP contribution in [0, 0.1) is 0 Å². The number of phenolic OH excluding ortho intramolecular Hbond substituents is 1. The van der Waals surface area contributed by atoms with Gasteiger partial charge in [-0.25, -0.2) is 4.79 Å². The van der Waals surface area contributed by atoms with Gasteiger partial charge in [0, 0.05) is 0 Å². The minimum absolute atomic E-state index is 0.00667. The molecule has 1 fully saturated rings. The SMILES string of the molecule is O=C1OCCN1S(=O)(=O)Nc1ccccc1O. The van der Waals surface area contributed by atoms with Gasteiger partial charge in [-0.15, -0.1) is 0 Å². The largest absolute Gasteiger partial charge is 0.506 e. The fourth-order valence-electron chi connectivity index (χ4n) is 1.35. The molecule has 2 N–H and O–H groups in total. The summed E-state index contributed by atoms with van der Waals surface area (Å²) in [6, 6.07) is 5.82. The standard InChI is InChI=1S/C9H10N2O5S/c12-8-4-2-1-3-7(8)10-17(14,15)11-5-6-16-9(11)13/h1-4,10,12H,5-6H2. The average Bonchev–Trinajstić information content (AvgIpc) is 2.68. The van der Waals surface area contributed by atoms with Gasteiger partial charge in [0.1, 0.15) is 12.4 Å². The lowest BCUT2D eigenvalue weighted by molar-refractivity contribution is 0.170. The first-order valence-corrected chi connectivity index (χ1v) is 6.20. The van der Waals surface area contributed by atoms with Crippen LogP contribution in [-0.4, -0.2) is 37.1 Å². The Labute approximate surface area is 97.8 Å². The lowest BCUT2D eigenvalue weighted by atomic mass is 10.3. The van der Waals surface area contributed by atoms with E-state index >= 15 is 0 Å². The molecule has 1 aliphatic rings. The van der Waals surface area contributed by atoms with E-state index in [1.807, 2.05) is 0 Å². The third-order valence-corrected chi connectivity index (χ3v) is 3.55. The number of ether oxygens (including phenoxy) is 1. The molecular formula is C9H10N2O5S. The number of phenols is 1. The summed E-state index contributed by atoms with van der Waals surface area (Å²) in [6.45, 7) is -0.0116. The number of nitrogens with one attached hydrogen (secondary N) is 1. The molecule has 0 bridgehead atoms. The van der Waals surface area contributed by atoms with Gasteiger partial charge in [-0.05, 0) is 12.1 Å². The molecular weight excluding hydrogens is 248 g/mol. The number of cyclic esters (lactones) is 1. The van der Waals surface area contributed by atoms with E-state index in [9.17, 15) is 18.3 Å². The molecule has 7 nitrogen and oxygen atoms in total. The zero-order chi connectivity index (χ0) is 12.5. The maximum Gasteiger partial charge on any atom is 0.425 e. The van der Waals surface area contributed by atoms with Crippen LogP contribution in [0.1, 0.15) is 0 Å². The van der Waals surface area contributed by atoms with Crippen molar-refractivity contribution in [2.75, 3.05) is 17.9 Å². The van der Waals surface area contributed by atoms with Crippen molar-refractivity contribution < 1.29 is 23.1 Å². The van der Waals surface area contributed by atoms with E-state index in [4.69, 9.17) is 0 Å². The Bertz CT molecular complexity index is 542. The van der Waals surface area contributed by atoms with E-state index in [0.717, 1.165) is 0 Å². The van der Waals surface area contributed by atoms with Gasteiger partial charge >= 0.3 is 16.3 Å². The Morgan fingerprint density at radius 1 is 1.35 bits per heavy atom. The van der Waals surface area contributed by atoms with Gasteiger partial charge in [-0.3, -0.25) is 4.72 Å². The summed E-state index contributed by atoms with van der Waals surface area (Å²) >= 11 is 0. The van der Waals surface area contributed by atoms with Crippen LogP contribution in [0.25, 0.3) is 0 Å². The van der Waals surface area contributed by atoms with Crippen LogP contribution in [0.15, 0.2) is 24.3 Å². The molecule has 8 heteroatoms. The maximum absolute atomic E-state index is 11.8. The number of hydrogen-bond donors (Lipinski definition) is 2. The number of hydrogen-bond acceptors (Lipinski definition) is 5. The van der Waals surface area contributed by atoms with Crippen molar-refractivity contribution in [1.82, 2.24) is 4.31 Å². The predicted molar refractivity (Wildman–Crippen MR) is 58.7 cm³/mol. The molecule has 1 aliphatic heterocycles. The highest BCUT2D eigenvalue weighted by molar-refractivity contribution is 7.90. The lowest BCUT2D eigenvalue weighted by Gasteiger charge is -2.15. The molecule has 0 spiro atoms. The van der Waals surface area contributed by atoms with E-state index < -0.39 is 16.3 Å². The molecule has 0 unspecified atom stereocenters. The van der Waals surface area contributed by atoms with Crippen molar-refractivity contribution in [2.45, 2.75) is 0 Å². The van der Waals surface area contributed by atoms with Crippen LogP contribution in [0.5, 0.6) is 5.75 Å². The molecule has 1 heterocycles. The van der Waals surface area contributed by atoms with Gasteiger partial charge in [0.05, 0.1) is 12.2 Å². The number of aromatic hydroxyl groups is 1. The summed E-state index contributed by atoms with van der Waals surface area (Å²) in [5, 5.41) is 9.42. The molecule has 1 amide bonds. The van der Waals surface area contributed by atoms with Crippen LogP contribution in [0.2, 0.25) is 0 Å². The number of anilines is 1. The van der Waals surface area contributed by atoms with Crippen LogP contribution in [-0.2, 0) is 14.9 Å². The van der Waals surface area contributed by atoms with Crippen molar-refractivity contribution in [1.29, 1.82) is 0 Å². The average molecular weight is 258 g/mol. The van der Waals surface area contributed by atoms with Crippen LogP contribution >= 0.6 is 0 Å². The lowest BCUT2D eigenvalue weighted by Crippen LogP contribution is -2.36. The second kappa shape index (κ2) is 4.13. The van der Waals surface area contributed by atoms with E-state index in [1.54, 1.807) is 12.1 Å². The topological polar surface area (TPSA) is 95.9 Å². The van der Waals surface area contributed by atoms with E-state index in [2.05, 4.69) is 9.46 Å². The molecule has 0 aromatic heterocycles. The molecule has 0 atom stereocenters. The Kier molecular flexibility index (Phi) is 2.80. The van der Waals surface area contributed by atoms with Crippen molar-refractivity contribution in [2.24, 2.45) is 0 Å².